The van der Waals surface area contributed by atoms with Crippen LogP contribution in [-0.4, -0.2) is 24.4 Å². The van der Waals surface area contributed by atoms with Crippen molar-refractivity contribution >= 4 is 12.2 Å². The summed E-state index contributed by atoms with van der Waals surface area (Å²) in [5, 5.41) is 19.5. The first-order valence-electron chi connectivity index (χ1n) is 7.52. The van der Waals surface area contributed by atoms with Crippen molar-refractivity contribution in [2.24, 2.45) is 0 Å². The van der Waals surface area contributed by atoms with E-state index in [-0.39, 0.29) is 17.4 Å². The molecule has 0 aliphatic heterocycles. The molecule has 1 aliphatic carbocycles. The van der Waals surface area contributed by atoms with Crippen LogP contribution in [0.15, 0.2) is 24.3 Å². The molecule has 4 nitrogen and oxygen atoms in total. The molecular formula is C19H20O4. The van der Waals surface area contributed by atoms with E-state index in [0.717, 1.165) is 28.7 Å². The molecule has 4 heteroatoms. The fourth-order valence-electron chi connectivity index (χ4n) is 3.07. The fourth-order valence-corrected chi connectivity index (χ4v) is 3.07. The lowest BCUT2D eigenvalue weighted by molar-refractivity contribution is 0.354. The van der Waals surface area contributed by atoms with Gasteiger partial charge in [-0.15, -0.1) is 0 Å². The maximum atomic E-state index is 9.76. The van der Waals surface area contributed by atoms with Crippen molar-refractivity contribution in [2.75, 3.05) is 14.2 Å². The van der Waals surface area contributed by atoms with Crippen molar-refractivity contribution in [2.45, 2.75) is 19.3 Å². The second kappa shape index (κ2) is 5.88. The van der Waals surface area contributed by atoms with Crippen LogP contribution in [0, 0.1) is 0 Å². The Bertz CT molecular complexity index is 777. The van der Waals surface area contributed by atoms with Crippen LogP contribution in [0.5, 0.6) is 23.0 Å². The molecule has 0 spiro atoms. The molecule has 3 rings (SSSR count). The molecule has 0 heterocycles. The number of phenolic OH excluding ortho intramolecular Hbond substituents is 2. The summed E-state index contributed by atoms with van der Waals surface area (Å²) in [7, 11) is 3.25. The third-order valence-corrected chi connectivity index (χ3v) is 4.33. The van der Waals surface area contributed by atoms with Crippen LogP contribution in [0.2, 0.25) is 0 Å². The van der Waals surface area contributed by atoms with Gasteiger partial charge in [-0.25, -0.2) is 0 Å². The van der Waals surface area contributed by atoms with Crippen LogP contribution in [0.4, 0.5) is 0 Å². The van der Waals surface area contributed by atoms with E-state index in [0.29, 0.717) is 11.5 Å². The van der Waals surface area contributed by atoms with Crippen LogP contribution < -0.4 is 9.47 Å². The van der Waals surface area contributed by atoms with Crippen LogP contribution in [0.3, 0.4) is 0 Å². The summed E-state index contributed by atoms with van der Waals surface area (Å²) in [6.45, 7) is 2.14. The molecule has 23 heavy (non-hydrogen) atoms. The molecule has 0 amide bonds. The molecule has 1 aliphatic rings. The van der Waals surface area contributed by atoms with Crippen molar-refractivity contribution < 1.29 is 19.7 Å². The highest BCUT2D eigenvalue weighted by molar-refractivity contribution is 5.76. The lowest BCUT2D eigenvalue weighted by atomic mass is 9.85. The van der Waals surface area contributed by atoms with E-state index in [1.807, 2.05) is 24.3 Å². The van der Waals surface area contributed by atoms with Crippen molar-refractivity contribution in [3.8, 4) is 23.0 Å². The molecule has 0 bridgehead atoms. The standard InChI is InChI=1S/C19H20O4/c1-11-6-14-8-17(21)16(20)7-12(14)4-5-13-9-18(22-2)19(23-3)10-15(11)13/h4-5,7-11,20-21H,6H2,1-3H3/b5-4-. The van der Waals surface area contributed by atoms with Crippen molar-refractivity contribution in [1.29, 1.82) is 0 Å². The smallest absolute Gasteiger partial charge is 0.161 e. The third kappa shape index (κ3) is 2.72. The van der Waals surface area contributed by atoms with Gasteiger partial charge in [0.15, 0.2) is 23.0 Å². The summed E-state index contributed by atoms with van der Waals surface area (Å²) >= 11 is 0. The second-order valence-electron chi connectivity index (χ2n) is 5.81. The average Bonchev–Trinajstić information content (AvgIpc) is 2.54. The molecule has 0 fully saturated rings. The highest BCUT2D eigenvalue weighted by atomic mass is 16.5. The van der Waals surface area contributed by atoms with Gasteiger partial charge in [-0.3, -0.25) is 0 Å². The summed E-state index contributed by atoms with van der Waals surface area (Å²) in [4.78, 5) is 0. The van der Waals surface area contributed by atoms with E-state index in [9.17, 15) is 10.2 Å². The number of rotatable bonds is 2. The van der Waals surface area contributed by atoms with E-state index in [1.54, 1.807) is 26.4 Å². The highest BCUT2D eigenvalue weighted by Gasteiger charge is 2.19. The Morgan fingerprint density at radius 2 is 1.48 bits per heavy atom. The number of hydrogen-bond donors (Lipinski definition) is 2. The largest absolute Gasteiger partial charge is 0.504 e. The summed E-state index contributed by atoms with van der Waals surface area (Å²) < 4.78 is 10.8. The van der Waals surface area contributed by atoms with Crippen LogP contribution in [-0.2, 0) is 6.42 Å². The van der Waals surface area contributed by atoms with Gasteiger partial charge in [0.2, 0.25) is 0 Å². The van der Waals surface area contributed by atoms with E-state index < -0.39 is 0 Å². The van der Waals surface area contributed by atoms with Gasteiger partial charge in [0.25, 0.3) is 0 Å². The number of methoxy groups -OCH3 is 2. The number of ether oxygens (including phenoxy) is 2. The zero-order valence-electron chi connectivity index (χ0n) is 13.5. The van der Waals surface area contributed by atoms with Gasteiger partial charge in [-0.2, -0.15) is 0 Å². The molecule has 1 unspecified atom stereocenters. The first-order chi connectivity index (χ1) is 11.0. The monoisotopic (exact) mass is 312 g/mol. The molecule has 0 aromatic heterocycles. The van der Waals surface area contributed by atoms with Gasteiger partial charge < -0.3 is 19.7 Å². The first kappa shape index (κ1) is 15.3. The predicted octanol–water partition coefficient (Wildman–Crippen LogP) is 3.95. The van der Waals surface area contributed by atoms with Crippen LogP contribution >= 0.6 is 0 Å². The summed E-state index contributed by atoms with van der Waals surface area (Å²) in [5.41, 5.74) is 4.14. The molecule has 0 saturated carbocycles. The Hall–Kier alpha value is -2.62. The minimum Gasteiger partial charge on any atom is -0.504 e. The Balaban J connectivity index is 2.16. The Labute approximate surface area is 135 Å². The highest BCUT2D eigenvalue weighted by Crippen LogP contribution is 2.39. The predicted molar refractivity (Wildman–Crippen MR) is 90.4 cm³/mol. The molecule has 2 aromatic carbocycles. The zero-order valence-corrected chi connectivity index (χ0v) is 13.5. The van der Waals surface area contributed by atoms with E-state index in [1.165, 1.54) is 0 Å². The normalized spacial score (nSPS) is 17.4. The van der Waals surface area contributed by atoms with Crippen LogP contribution in [0.1, 0.15) is 35.1 Å². The van der Waals surface area contributed by atoms with Crippen molar-refractivity contribution in [1.82, 2.24) is 0 Å². The van der Waals surface area contributed by atoms with Gasteiger partial charge in [0.05, 0.1) is 14.2 Å². The van der Waals surface area contributed by atoms with Gasteiger partial charge >= 0.3 is 0 Å². The van der Waals surface area contributed by atoms with Crippen molar-refractivity contribution in [3.05, 3.63) is 46.5 Å². The number of benzene rings is 2. The fraction of sp³-hybridized carbons (Fsp3) is 0.263. The quantitative estimate of drug-likeness (QED) is 0.825. The topological polar surface area (TPSA) is 58.9 Å². The molecular weight excluding hydrogens is 292 g/mol. The maximum absolute atomic E-state index is 9.76. The second-order valence-corrected chi connectivity index (χ2v) is 5.81. The molecule has 0 saturated heterocycles. The minimum atomic E-state index is -0.103. The van der Waals surface area contributed by atoms with E-state index in [2.05, 4.69) is 6.92 Å². The summed E-state index contributed by atoms with van der Waals surface area (Å²) in [6.07, 6.45) is 4.71. The van der Waals surface area contributed by atoms with Gasteiger partial charge in [0.1, 0.15) is 0 Å². The summed E-state index contributed by atoms with van der Waals surface area (Å²) in [5.74, 6) is 1.45. The van der Waals surface area contributed by atoms with Gasteiger partial charge in [0, 0.05) is 0 Å². The average molecular weight is 312 g/mol. The summed E-state index contributed by atoms with van der Waals surface area (Å²) in [6, 6.07) is 7.21. The Morgan fingerprint density at radius 1 is 0.870 bits per heavy atom. The third-order valence-electron chi connectivity index (χ3n) is 4.33. The number of fused-ring (bicyclic) bond motifs is 2. The lowest BCUT2D eigenvalue weighted by Crippen LogP contribution is -2.05. The van der Waals surface area contributed by atoms with Crippen molar-refractivity contribution in [3.63, 3.8) is 0 Å². The Kier molecular flexibility index (Phi) is 3.90. The maximum Gasteiger partial charge on any atom is 0.161 e. The Morgan fingerprint density at radius 3 is 2.17 bits per heavy atom. The van der Waals surface area contributed by atoms with Crippen LogP contribution in [0.25, 0.3) is 12.2 Å². The zero-order chi connectivity index (χ0) is 16.6. The van der Waals surface area contributed by atoms with E-state index >= 15 is 0 Å². The molecule has 1 atom stereocenters. The number of aromatic hydroxyl groups is 2. The lowest BCUT2D eigenvalue weighted by Gasteiger charge is -2.21. The van der Waals surface area contributed by atoms with Gasteiger partial charge in [-0.05, 0) is 58.9 Å². The SMILES string of the molecule is COc1cc2c(cc1OC)C(C)Cc1cc(O)c(O)cc1/C=C\2. The molecule has 0 radical (unpaired) electrons. The van der Waals surface area contributed by atoms with E-state index in [4.69, 9.17) is 9.47 Å². The van der Waals surface area contributed by atoms with Gasteiger partial charge in [-0.1, -0.05) is 19.1 Å². The number of phenols is 2. The number of hydrogen-bond acceptors (Lipinski definition) is 4. The first-order valence-corrected chi connectivity index (χ1v) is 7.52. The molecule has 2 N–H and O–H groups in total. The molecule has 120 valence electrons. The molecule has 2 aromatic rings. The minimum absolute atomic E-state index is 0.0857.